The molecule has 146 valence electrons. The van der Waals surface area contributed by atoms with E-state index in [0.717, 1.165) is 44.5 Å². The maximum Gasteiger partial charge on any atom is 0.119 e. The van der Waals surface area contributed by atoms with Gasteiger partial charge < -0.3 is 4.74 Å². The van der Waals surface area contributed by atoms with Gasteiger partial charge in [-0.1, -0.05) is 69.2 Å². The van der Waals surface area contributed by atoms with Gasteiger partial charge in [-0.3, -0.25) is 4.98 Å². The minimum absolute atomic E-state index is 0.792. The van der Waals surface area contributed by atoms with E-state index in [9.17, 15) is 0 Å². The van der Waals surface area contributed by atoms with Crippen molar-refractivity contribution in [2.75, 3.05) is 6.61 Å². The van der Waals surface area contributed by atoms with Crippen LogP contribution >= 0.6 is 0 Å². The van der Waals surface area contributed by atoms with Gasteiger partial charge in [0.1, 0.15) is 5.75 Å². The monoisotopic (exact) mass is 373 g/mol. The molecule has 2 aromatic carbocycles. The number of ether oxygens (including phenoxy) is 1. The molecule has 0 fully saturated rings. The summed E-state index contributed by atoms with van der Waals surface area (Å²) >= 11 is 0. The number of nitrogens with zero attached hydrogens (tertiary/aromatic N) is 1. The van der Waals surface area contributed by atoms with E-state index in [-0.39, 0.29) is 0 Å². The van der Waals surface area contributed by atoms with E-state index in [1.165, 1.54) is 34.4 Å². The molecule has 0 spiro atoms. The third kappa shape index (κ3) is 5.95. The van der Waals surface area contributed by atoms with Gasteiger partial charge in [0.05, 0.1) is 6.61 Å². The summed E-state index contributed by atoms with van der Waals surface area (Å²) in [7, 11) is 0. The van der Waals surface area contributed by atoms with Crippen molar-refractivity contribution >= 4 is 0 Å². The Balaban J connectivity index is 1.54. The van der Waals surface area contributed by atoms with Crippen molar-refractivity contribution in [2.45, 2.75) is 52.4 Å². The third-order valence-corrected chi connectivity index (χ3v) is 5.00. The fourth-order valence-electron chi connectivity index (χ4n) is 3.25. The van der Waals surface area contributed by atoms with E-state index in [1.54, 1.807) is 0 Å². The van der Waals surface area contributed by atoms with Gasteiger partial charge in [0.25, 0.3) is 0 Å². The first-order chi connectivity index (χ1) is 13.8. The SMILES string of the molecule is CCCCOc1ccc(-c2ccc(CCc3ccc(CCC)cn3)cc2)cc1. The molecule has 0 saturated carbocycles. The van der Waals surface area contributed by atoms with Crippen LogP contribution in [0.1, 0.15) is 49.9 Å². The van der Waals surface area contributed by atoms with E-state index >= 15 is 0 Å². The zero-order valence-electron chi connectivity index (χ0n) is 17.2. The second kappa shape index (κ2) is 10.7. The lowest BCUT2D eigenvalue weighted by atomic mass is 10.0. The van der Waals surface area contributed by atoms with Crippen LogP contribution in [0.15, 0.2) is 66.9 Å². The van der Waals surface area contributed by atoms with Gasteiger partial charge in [0.15, 0.2) is 0 Å². The molecular weight excluding hydrogens is 342 g/mol. The van der Waals surface area contributed by atoms with Gasteiger partial charge in [-0.05, 0) is 66.1 Å². The Morgan fingerprint density at radius 1 is 0.679 bits per heavy atom. The minimum atomic E-state index is 0.792. The van der Waals surface area contributed by atoms with Crippen molar-refractivity contribution in [2.24, 2.45) is 0 Å². The van der Waals surface area contributed by atoms with Crippen molar-refractivity contribution < 1.29 is 4.74 Å². The van der Waals surface area contributed by atoms with E-state index in [4.69, 9.17) is 4.74 Å². The number of aromatic nitrogens is 1. The summed E-state index contributed by atoms with van der Waals surface area (Å²) < 4.78 is 5.75. The van der Waals surface area contributed by atoms with Gasteiger partial charge in [-0.15, -0.1) is 0 Å². The molecule has 0 bridgehead atoms. The average molecular weight is 374 g/mol. The van der Waals surface area contributed by atoms with E-state index in [0.29, 0.717) is 0 Å². The molecule has 0 saturated heterocycles. The fourth-order valence-corrected chi connectivity index (χ4v) is 3.25. The molecule has 0 aliphatic heterocycles. The van der Waals surface area contributed by atoms with Gasteiger partial charge in [-0.25, -0.2) is 0 Å². The van der Waals surface area contributed by atoms with Crippen LogP contribution in [-0.4, -0.2) is 11.6 Å². The number of benzene rings is 2. The summed E-state index contributed by atoms with van der Waals surface area (Å²) in [6.45, 7) is 5.17. The van der Waals surface area contributed by atoms with Crippen LogP contribution in [0.4, 0.5) is 0 Å². The summed E-state index contributed by atoms with van der Waals surface area (Å²) in [5, 5.41) is 0. The first-order valence-corrected chi connectivity index (χ1v) is 10.5. The van der Waals surface area contributed by atoms with Crippen LogP contribution in [-0.2, 0) is 19.3 Å². The predicted octanol–water partition coefficient (Wildman–Crippen LogP) is 6.67. The Morgan fingerprint density at radius 3 is 1.96 bits per heavy atom. The molecule has 2 heteroatoms. The molecule has 0 amide bonds. The fraction of sp³-hybridized carbons (Fsp3) is 0.346. The van der Waals surface area contributed by atoms with Crippen LogP contribution in [0, 0.1) is 0 Å². The van der Waals surface area contributed by atoms with E-state index in [1.807, 2.05) is 6.20 Å². The molecule has 0 unspecified atom stereocenters. The van der Waals surface area contributed by atoms with Crippen LogP contribution in [0.25, 0.3) is 11.1 Å². The molecule has 28 heavy (non-hydrogen) atoms. The van der Waals surface area contributed by atoms with Crippen LogP contribution in [0.3, 0.4) is 0 Å². The van der Waals surface area contributed by atoms with Crippen LogP contribution in [0.5, 0.6) is 5.75 Å². The van der Waals surface area contributed by atoms with Gasteiger partial charge >= 0.3 is 0 Å². The van der Waals surface area contributed by atoms with Crippen LogP contribution in [0.2, 0.25) is 0 Å². The van der Waals surface area contributed by atoms with Gasteiger partial charge in [0, 0.05) is 11.9 Å². The van der Waals surface area contributed by atoms with Gasteiger partial charge in [0.2, 0.25) is 0 Å². The highest BCUT2D eigenvalue weighted by Gasteiger charge is 2.02. The molecule has 0 aliphatic rings. The highest BCUT2D eigenvalue weighted by molar-refractivity contribution is 5.64. The molecule has 0 atom stereocenters. The average Bonchev–Trinajstić information content (AvgIpc) is 2.75. The summed E-state index contributed by atoms with van der Waals surface area (Å²) in [4.78, 5) is 4.60. The summed E-state index contributed by atoms with van der Waals surface area (Å²) in [6, 6.07) is 21.7. The number of rotatable bonds is 10. The van der Waals surface area contributed by atoms with Crippen molar-refractivity contribution in [3.63, 3.8) is 0 Å². The number of pyridine rings is 1. The molecule has 2 nitrogen and oxygen atoms in total. The molecule has 1 heterocycles. The Bertz CT molecular complexity index is 820. The van der Waals surface area contributed by atoms with Crippen molar-refractivity contribution in [3.05, 3.63) is 83.7 Å². The third-order valence-electron chi connectivity index (χ3n) is 5.00. The minimum Gasteiger partial charge on any atom is -0.494 e. The van der Waals surface area contributed by atoms with Gasteiger partial charge in [-0.2, -0.15) is 0 Å². The summed E-state index contributed by atoms with van der Waals surface area (Å²) in [5.41, 5.74) is 6.32. The Kier molecular flexibility index (Phi) is 7.66. The molecule has 1 aromatic heterocycles. The molecule has 0 N–H and O–H groups in total. The van der Waals surface area contributed by atoms with Crippen molar-refractivity contribution in [1.29, 1.82) is 0 Å². The topological polar surface area (TPSA) is 22.1 Å². The second-order valence-corrected chi connectivity index (χ2v) is 7.33. The number of aryl methyl sites for hydroxylation is 3. The van der Waals surface area contributed by atoms with E-state index < -0.39 is 0 Å². The smallest absolute Gasteiger partial charge is 0.119 e. The lowest BCUT2D eigenvalue weighted by Gasteiger charge is -2.08. The maximum atomic E-state index is 5.75. The number of unbranched alkanes of at least 4 members (excludes halogenated alkanes) is 1. The molecular formula is C26H31NO. The first-order valence-electron chi connectivity index (χ1n) is 10.5. The standard InChI is InChI=1S/C26H31NO/c1-3-5-19-28-26-17-13-24(14-18-26)23-11-7-21(8-12-23)9-15-25-16-10-22(6-4-2)20-27-25/h7-8,10-14,16-18,20H,3-6,9,15,19H2,1-2H3. The lowest BCUT2D eigenvalue weighted by molar-refractivity contribution is 0.309. The number of hydrogen-bond donors (Lipinski definition) is 0. The molecule has 3 aromatic rings. The second-order valence-electron chi connectivity index (χ2n) is 7.33. The molecule has 3 rings (SSSR count). The van der Waals surface area contributed by atoms with Crippen molar-refractivity contribution in [1.82, 2.24) is 4.98 Å². The van der Waals surface area contributed by atoms with Crippen molar-refractivity contribution in [3.8, 4) is 16.9 Å². The highest BCUT2D eigenvalue weighted by Crippen LogP contribution is 2.23. The zero-order valence-corrected chi connectivity index (χ0v) is 17.2. The summed E-state index contributed by atoms with van der Waals surface area (Å²) in [6.07, 6.45) is 8.56. The zero-order chi connectivity index (χ0) is 19.6. The highest BCUT2D eigenvalue weighted by atomic mass is 16.5. The number of hydrogen-bond acceptors (Lipinski definition) is 2. The largest absolute Gasteiger partial charge is 0.494 e. The molecule has 0 radical (unpaired) electrons. The Labute approximate surface area is 169 Å². The Morgan fingerprint density at radius 2 is 1.36 bits per heavy atom. The van der Waals surface area contributed by atoms with E-state index in [2.05, 4.69) is 79.5 Å². The molecule has 0 aliphatic carbocycles. The first kappa shape index (κ1) is 20.1. The quantitative estimate of drug-likeness (QED) is 0.370. The maximum absolute atomic E-state index is 5.75. The summed E-state index contributed by atoms with van der Waals surface area (Å²) in [5.74, 6) is 0.950. The lowest BCUT2D eigenvalue weighted by Crippen LogP contribution is -1.96. The predicted molar refractivity (Wildman–Crippen MR) is 118 cm³/mol. The normalized spacial score (nSPS) is 10.8. The van der Waals surface area contributed by atoms with Crippen LogP contribution < -0.4 is 4.74 Å². The Hall–Kier alpha value is -2.61.